The summed E-state index contributed by atoms with van der Waals surface area (Å²) in [4.78, 5) is 11.5. The van der Waals surface area contributed by atoms with E-state index in [1.807, 2.05) is 13.8 Å². The van der Waals surface area contributed by atoms with E-state index in [1.165, 1.54) is 38.5 Å². The summed E-state index contributed by atoms with van der Waals surface area (Å²) in [5, 5.41) is 6.45. The predicted octanol–water partition coefficient (Wildman–Crippen LogP) is 2.85. The average molecular weight is 254 g/mol. The van der Waals surface area contributed by atoms with Crippen LogP contribution in [0.25, 0.3) is 0 Å². The Kier molecular flexibility index (Phi) is 7.33. The highest BCUT2D eigenvalue weighted by Crippen LogP contribution is 2.27. The maximum Gasteiger partial charge on any atom is 0.221 e. The van der Waals surface area contributed by atoms with Gasteiger partial charge in [-0.25, -0.2) is 0 Å². The highest BCUT2D eigenvalue weighted by molar-refractivity contribution is 5.76. The number of hydrogen-bond acceptors (Lipinski definition) is 2. The van der Waals surface area contributed by atoms with Crippen LogP contribution in [-0.4, -0.2) is 24.5 Å². The molecule has 1 saturated carbocycles. The molecule has 1 fully saturated rings. The third kappa shape index (κ3) is 6.39. The second-order valence-electron chi connectivity index (χ2n) is 5.93. The quantitative estimate of drug-likeness (QED) is 0.733. The van der Waals surface area contributed by atoms with Crippen molar-refractivity contribution in [3.05, 3.63) is 0 Å². The number of carbonyl (C=O) groups is 1. The SMILES string of the molecule is CCCC1CCC(NCCC(=O)NC(C)C)CC1. The van der Waals surface area contributed by atoms with Gasteiger partial charge in [-0.1, -0.05) is 19.8 Å². The lowest BCUT2D eigenvalue weighted by Crippen LogP contribution is -2.37. The Morgan fingerprint density at radius 2 is 1.89 bits per heavy atom. The van der Waals surface area contributed by atoms with E-state index in [-0.39, 0.29) is 11.9 Å². The Morgan fingerprint density at radius 1 is 1.22 bits per heavy atom. The molecule has 106 valence electrons. The van der Waals surface area contributed by atoms with E-state index in [0.717, 1.165) is 12.5 Å². The molecule has 1 aliphatic carbocycles. The lowest BCUT2D eigenvalue weighted by Gasteiger charge is -2.29. The molecule has 3 nitrogen and oxygen atoms in total. The molecule has 0 heterocycles. The summed E-state index contributed by atoms with van der Waals surface area (Å²) in [6, 6.07) is 0.895. The lowest BCUT2D eigenvalue weighted by molar-refractivity contribution is -0.121. The van der Waals surface area contributed by atoms with Crippen molar-refractivity contribution in [3.8, 4) is 0 Å². The molecule has 0 spiro atoms. The molecule has 3 heteroatoms. The summed E-state index contributed by atoms with van der Waals surface area (Å²) in [6.45, 7) is 7.10. The van der Waals surface area contributed by atoms with Crippen LogP contribution in [0.4, 0.5) is 0 Å². The van der Waals surface area contributed by atoms with Gasteiger partial charge >= 0.3 is 0 Å². The minimum atomic E-state index is 0.164. The van der Waals surface area contributed by atoms with Crippen LogP contribution >= 0.6 is 0 Å². The molecule has 2 N–H and O–H groups in total. The summed E-state index contributed by atoms with van der Waals surface area (Å²) in [5.74, 6) is 1.12. The summed E-state index contributed by atoms with van der Waals surface area (Å²) >= 11 is 0. The van der Waals surface area contributed by atoms with Crippen LogP contribution in [0, 0.1) is 5.92 Å². The number of hydrogen-bond donors (Lipinski definition) is 2. The second kappa shape index (κ2) is 8.52. The molecule has 0 unspecified atom stereocenters. The zero-order valence-electron chi connectivity index (χ0n) is 12.3. The number of rotatable bonds is 7. The molecule has 0 aliphatic heterocycles. The van der Waals surface area contributed by atoms with Gasteiger partial charge < -0.3 is 10.6 Å². The monoisotopic (exact) mass is 254 g/mol. The number of amides is 1. The molecule has 0 bridgehead atoms. The highest BCUT2D eigenvalue weighted by Gasteiger charge is 2.19. The van der Waals surface area contributed by atoms with Crippen molar-refractivity contribution in [2.45, 2.75) is 77.8 Å². The van der Waals surface area contributed by atoms with Gasteiger partial charge in [0.25, 0.3) is 0 Å². The Balaban J connectivity index is 2.05. The van der Waals surface area contributed by atoms with E-state index in [9.17, 15) is 4.79 Å². The Labute approximate surface area is 112 Å². The summed E-state index contributed by atoms with van der Waals surface area (Å²) < 4.78 is 0. The Hall–Kier alpha value is -0.570. The Bertz CT molecular complexity index is 233. The first kappa shape index (κ1) is 15.5. The largest absolute Gasteiger partial charge is 0.354 e. The van der Waals surface area contributed by atoms with E-state index in [4.69, 9.17) is 0 Å². The smallest absolute Gasteiger partial charge is 0.221 e. The third-order valence-corrected chi connectivity index (χ3v) is 3.78. The third-order valence-electron chi connectivity index (χ3n) is 3.78. The molecule has 0 aromatic carbocycles. The van der Waals surface area contributed by atoms with Crippen molar-refractivity contribution in [1.82, 2.24) is 10.6 Å². The van der Waals surface area contributed by atoms with Crippen LogP contribution in [0.3, 0.4) is 0 Å². The normalized spacial score (nSPS) is 24.2. The summed E-state index contributed by atoms with van der Waals surface area (Å²) in [7, 11) is 0. The zero-order chi connectivity index (χ0) is 13.4. The van der Waals surface area contributed by atoms with Gasteiger partial charge in [0, 0.05) is 25.0 Å². The minimum Gasteiger partial charge on any atom is -0.354 e. The van der Waals surface area contributed by atoms with Crippen LogP contribution in [0.1, 0.15) is 65.7 Å². The molecule has 18 heavy (non-hydrogen) atoms. The molecule has 1 aliphatic rings. The number of nitrogens with one attached hydrogen (secondary N) is 2. The fraction of sp³-hybridized carbons (Fsp3) is 0.933. The molecular formula is C15H30N2O. The zero-order valence-corrected chi connectivity index (χ0v) is 12.3. The first-order chi connectivity index (χ1) is 8.61. The van der Waals surface area contributed by atoms with E-state index in [1.54, 1.807) is 0 Å². The van der Waals surface area contributed by atoms with Crippen LogP contribution in [0.15, 0.2) is 0 Å². The van der Waals surface area contributed by atoms with Gasteiger partial charge in [0.1, 0.15) is 0 Å². The maximum absolute atomic E-state index is 11.5. The highest BCUT2D eigenvalue weighted by atomic mass is 16.1. The summed E-state index contributed by atoms with van der Waals surface area (Å²) in [5.41, 5.74) is 0. The Morgan fingerprint density at radius 3 is 2.44 bits per heavy atom. The standard InChI is InChI=1S/C15H30N2O/c1-4-5-13-6-8-14(9-7-13)16-11-10-15(18)17-12(2)3/h12-14,16H,4-11H2,1-3H3,(H,17,18). The molecule has 1 amide bonds. The van der Waals surface area contributed by atoms with Gasteiger partial charge in [0.15, 0.2) is 0 Å². The minimum absolute atomic E-state index is 0.164. The van der Waals surface area contributed by atoms with Crippen molar-refractivity contribution in [2.75, 3.05) is 6.54 Å². The first-order valence-corrected chi connectivity index (χ1v) is 7.64. The lowest BCUT2D eigenvalue weighted by atomic mass is 9.83. The van der Waals surface area contributed by atoms with Gasteiger partial charge in [-0.05, 0) is 45.4 Å². The van der Waals surface area contributed by atoms with Crippen LogP contribution < -0.4 is 10.6 Å². The van der Waals surface area contributed by atoms with Gasteiger partial charge in [-0.3, -0.25) is 4.79 Å². The fourth-order valence-corrected chi connectivity index (χ4v) is 2.85. The van der Waals surface area contributed by atoms with Crippen molar-refractivity contribution >= 4 is 5.91 Å². The van der Waals surface area contributed by atoms with E-state index < -0.39 is 0 Å². The maximum atomic E-state index is 11.5. The van der Waals surface area contributed by atoms with E-state index in [0.29, 0.717) is 12.5 Å². The van der Waals surface area contributed by atoms with Crippen LogP contribution in [0.2, 0.25) is 0 Å². The molecule has 0 saturated heterocycles. The summed E-state index contributed by atoms with van der Waals surface area (Å²) in [6.07, 6.45) is 8.62. The van der Waals surface area contributed by atoms with Gasteiger partial charge in [-0.2, -0.15) is 0 Å². The van der Waals surface area contributed by atoms with Crippen molar-refractivity contribution in [1.29, 1.82) is 0 Å². The van der Waals surface area contributed by atoms with Gasteiger partial charge in [0.2, 0.25) is 5.91 Å². The van der Waals surface area contributed by atoms with Crippen molar-refractivity contribution in [2.24, 2.45) is 5.92 Å². The molecule has 0 radical (unpaired) electrons. The molecule has 0 atom stereocenters. The molecule has 0 aromatic rings. The topological polar surface area (TPSA) is 41.1 Å². The van der Waals surface area contributed by atoms with Crippen LogP contribution in [-0.2, 0) is 4.79 Å². The van der Waals surface area contributed by atoms with Gasteiger partial charge in [0.05, 0.1) is 0 Å². The molecule has 0 aromatic heterocycles. The molecule has 1 rings (SSSR count). The van der Waals surface area contributed by atoms with Gasteiger partial charge in [-0.15, -0.1) is 0 Å². The first-order valence-electron chi connectivity index (χ1n) is 7.64. The predicted molar refractivity (Wildman–Crippen MR) is 76.6 cm³/mol. The van der Waals surface area contributed by atoms with E-state index >= 15 is 0 Å². The van der Waals surface area contributed by atoms with Crippen molar-refractivity contribution in [3.63, 3.8) is 0 Å². The average Bonchev–Trinajstić information content (AvgIpc) is 2.31. The second-order valence-corrected chi connectivity index (χ2v) is 5.93. The molecular weight excluding hydrogens is 224 g/mol. The number of carbonyl (C=O) groups excluding carboxylic acids is 1. The fourth-order valence-electron chi connectivity index (χ4n) is 2.85. The van der Waals surface area contributed by atoms with Crippen LogP contribution in [0.5, 0.6) is 0 Å². The van der Waals surface area contributed by atoms with E-state index in [2.05, 4.69) is 17.6 Å². The van der Waals surface area contributed by atoms with Crippen molar-refractivity contribution < 1.29 is 4.79 Å².